The van der Waals surface area contributed by atoms with Gasteiger partial charge in [-0.05, 0) is 37.1 Å². The van der Waals surface area contributed by atoms with E-state index < -0.39 is 6.55 Å². The summed E-state index contributed by atoms with van der Waals surface area (Å²) in [4.78, 5) is 14.2. The van der Waals surface area contributed by atoms with Gasteiger partial charge in [0, 0.05) is 29.7 Å². The highest BCUT2D eigenvalue weighted by molar-refractivity contribution is 6.31. The highest BCUT2D eigenvalue weighted by Gasteiger charge is 2.31. The van der Waals surface area contributed by atoms with E-state index >= 15 is 0 Å². The van der Waals surface area contributed by atoms with Gasteiger partial charge in [-0.2, -0.15) is 8.78 Å². The quantitative estimate of drug-likeness (QED) is 0.810. The first-order valence-corrected chi connectivity index (χ1v) is 7.86. The van der Waals surface area contributed by atoms with Gasteiger partial charge in [0.25, 0.3) is 5.91 Å². The van der Waals surface area contributed by atoms with Gasteiger partial charge in [-0.3, -0.25) is 9.36 Å². The molecule has 122 valence electrons. The average molecular weight is 339 g/mol. The Bertz CT molecular complexity index is 729. The summed E-state index contributed by atoms with van der Waals surface area (Å²) < 4.78 is 27.1. The number of nitrogens with zero attached hydrogens (tertiary/aromatic N) is 2. The zero-order chi connectivity index (χ0) is 16.6. The summed E-state index contributed by atoms with van der Waals surface area (Å²) in [5.74, 6) is -0.211. The molecule has 0 saturated carbocycles. The number of amides is 1. The van der Waals surface area contributed by atoms with Crippen molar-refractivity contribution >= 4 is 17.5 Å². The Balaban J connectivity index is 1.80. The molecule has 0 spiro atoms. The van der Waals surface area contributed by atoms with Crippen LogP contribution in [-0.4, -0.2) is 28.5 Å². The monoisotopic (exact) mass is 338 g/mol. The van der Waals surface area contributed by atoms with Gasteiger partial charge in [0.15, 0.2) is 0 Å². The molecular formula is C17H17ClF2N2O. The summed E-state index contributed by atoms with van der Waals surface area (Å²) in [7, 11) is 0. The lowest BCUT2D eigenvalue weighted by Crippen LogP contribution is -2.30. The van der Waals surface area contributed by atoms with Crippen LogP contribution in [0.15, 0.2) is 36.4 Å². The number of carbonyl (C=O) groups is 1. The van der Waals surface area contributed by atoms with Crippen LogP contribution >= 0.6 is 11.6 Å². The molecule has 1 atom stereocenters. The molecular weight excluding hydrogens is 322 g/mol. The lowest BCUT2D eigenvalue weighted by Gasteiger charge is -2.19. The minimum absolute atomic E-state index is 0.0392. The number of hydrogen-bond donors (Lipinski definition) is 0. The molecule has 2 heterocycles. The van der Waals surface area contributed by atoms with Crippen molar-refractivity contribution in [1.29, 1.82) is 0 Å². The van der Waals surface area contributed by atoms with Gasteiger partial charge >= 0.3 is 6.55 Å². The van der Waals surface area contributed by atoms with Crippen molar-refractivity contribution in [2.75, 3.05) is 13.1 Å². The molecule has 0 aliphatic carbocycles. The Morgan fingerprint density at radius 2 is 2.00 bits per heavy atom. The number of hydrogen-bond acceptors (Lipinski definition) is 1. The third-order valence-corrected chi connectivity index (χ3v) is 4.70. The van der Waals surface area contributed by atoms with Crippen molar-refractivity contribution in [3.63, 3.8) is 0 Å². The molecule has 6 heteroatoms. The van der Waals surface area contributed by atoms with Gasteiger partial charge in [-0.1, -0.05) is 29.8 Å². The van der Waals surface area contributed by atoms with Gasteiger partial charge in [-0.15, -0.1) is 0 Å². The third kappa shape index (κ3) is 2.98. The smallest absolute Gasteiger partial charge is 0.319 e. The van der Waals surface area contributed by atoms with Gasteiger partial charge in [0.2, 0.25) is 0 Å². The first-order chi connectivity index (χ1) is 11.0. The second-order valence-corrected chi connectivity index (χ2v) is 6.17. The van der Waals surface area contributed by atoms with Crippen molar-refractivity contribution in [1.82, 2.24) is 9.47 Å². The lowest BCUT2D eigenvalue weighted by atomic mass is 9.98. The maximum absolute atomic E-state index is 13.1. The summed E-state index contributed by atoms with van der Waals surface area (Å²) in [6.07, 6.45) is 0.782. The van der Waals surface area contributed by atoms with Crippen molar-refractivity contribution in [2.24, 2.45) is 0 Å². The van der Waals surface area contributed by atoms with Crippen LogP contribution in [0.1, 0.15) is 40.6 Å². The summed E-state index contributed by atoms with van der Waals surface area (Å²) in [5.41, 5.74) is 1.42. The third-order valence-electron chi connectivity index (χ3n) is 4.36. The van der Waals surface area contributed by atoms with Gasteiger partial charge in [0.05, 0.1) is 0 Å². The number of alkyl halides is 2. The van der Waals surface area contributed by atoms with E-state index in [0.717, 1.165) is 16.6 Å². The van der Waals surface area contributed by atoms with E-state index in [1.165, 1.54) is 6.07 Å². The van der Waals surface area contributed by atoms with Gasteiger partial charge < -0.3 is 4.90 Å². The molecule has 0 unspecified atom stereocenters. The van der Waals surface area contributed by atoms with E-state index in [4.69, 9.17) is 11.6 Å². The fourth-order valence-electron chi connectivity index (χ4n) is 3.15. The molecule has 1 aliphatic rings. The molecule has 1 aromatic carbocycles. The second-order valence-electron chi connectivity index (χ2n) is 5.77. The van der Waals surface area contributed by atoms with Crippen LogP contribution in [0.3, 0.4) is 0 Å². The van der Waals surface area contributed by atoms with Gasteiger partial charge in [-0.25, -0.2) is 0 Å². The van der Waals surface area contributed by atoms with Crippen LogP contribution in [0.25, 0.3) is 0 Å². The summed E-state index contributed by atoms with van der Waals surface area (Å²) in [5, 5.41) is 0.679. The Labute approximate surface area is 138 Å². The van der Waals surface area contributed by atoms with E-state index in [1.807, 2.05) is 24.3 Å². The molecule has 1 saturated heterocycles. The van der Waals surface area contributed by atoms with Crippen LogP contribution in [0, 0.1) is 6.92 Å². The number of likely N-dealkylation sites (tertiary alicyclic amines) is 1. The molecule has 1 fully saturated rings. The second kappa shape index (κ2) is 6.32. The first kappa shape index (κ1) is 16.0. The average Bonchev–Trinajstić information content (AvgIpc) is 3.13. The van der Waals surface area contributed by atoms with Crippen LogP contribution in [0.2, 0.25) is 5.02 Å². The van der Waals surface area contributed by atoms with E-state index in [2.05, 4.69) is 0 Å². The molecule has 3 rings (SSSR count). The number of halogens is 3. The highest BCUT2D eigenvalue weighted by atomic mass is 35.5. The fourth-order valence-corrected chi connectivity index (χ4v) is 3.44. The predicted molar refractivity (Wildman–Crippen MR) is 85.1 cm³/mol. The minimum Gasteiger partial charge on any atom is -0.337 e. The standard InChI is InChI=1S/C17H17ClF2N2O/c1-11-6-7-15(22(11)17(19)20)16(23)21-9-8-12(10-21)13-4-2-3-5-14(13)18/h2-7,12,17H,8-10H2,1H3/t12-/m0/s1. The molecule has 0 radical (unpaired) electrons. The number of rotatable bonds is 3. The van der Waals surface area contributed by atoms with Crippen molar-refractivity contribution in [3.8, 4) is 0 Å². The van der Waals surface area contributed by atoms with E-state index in [1.54, 1.807) is 17.9 Å². The van der Waals surface area contributed by atoms with Crippen LogP contribution < -0.4 is 0 Å². The van der Waals surface area contributed by atoms with E-state index in [9.17, 15) is 13.6 Å². The number of carbonyl (C=O) groups excluding carboxylic acids is 1. The molecule has 1 amide bonds. The molecule has 2 aromatic rings. The minimum atomic E-state index is -2.72. The van der Waals surface area contributed by atoms with Crippen LogP contribution in [-0.2, 0) is 0 Å². The Kier molecular flexibility index (Phi) is 4.39. The first-order valence-electron chi connectivity index (χ1n) is 7.48. The Hall–Kier alpha value is -1.88. The summed E-state index contributed by atoms with van der Waals surface area (Å²) in [6, 6.07) is 10.6. The van der Waals surface area contributed by atoms with Crippen molar-refractivity contribution in [3.05, 3.63) is 58.4 Å². The fraction of sp³-hybridized carbons (Fsp3) is 0.353. The number of aryl methyl sites for hydroxylation is 1. The zero-order valence-corrected chi connectivity index (χ0v) is 13.4. The Morgan fingerprint density at radius 1 is 1.26 bits per heavy atom. The summed E-state index contributed by atoms with van der Waals surface area (Å²) in [6.45, 7) is -0.108. The van der Waals surface area contributed by atoms with Crippen molar-refractivity contribution < 1.29 is 13.6 Å². The van der Waals surface area contributed by atoms with Crippen LogP contribution in [0.4, 0.5) is 8.78 Å². The Morgan fingerprint density at radius 3 is 2.70 bits per heavy atom. The molecule has 0 bridgehead atoms. The largest absolute Gasteiger partial charge is 0.337 e. The van der Waals surface area contributed by atoms with Gasteiger partial charge in [0.1, 0.15) is 5.69 Å². The van der Waals surface area contributed by atoms with E-state index in [-0.39, 0.29) is 17.5 Å². The van der Waals surface area contributed by atoms with E-state index in [0.29, 0.717) is 23.8 Å². The highest BCUT2D eigenvalue weighted by Crippen LogP contribution is 2.33. The maximum atomic E-state index is 13.1. The van der Waals surface area contributed by atoms with Crippen LogP contribution in [0.5, 0.6) is 0 Å². The molecule has 3 nitrogen and oxygen atoms in total. The normalized spacial score (nSPS) is 18.0. The number of aromatic nitrogens is 1. The molecule has 0 N–H and O–H groups in total. The topological polar surface area (TPSA) is 25.2 Å². The summed E-state index contributed by atoms with van der Waals surface area (Å²) >= 11 is 6.21. The predicted octanol–water partition coefficient (Wildman–Crippen LogP) is 4.47. The number of benzene rings is 1. The SMILES string of the molecule is Cc1ccc(C(=O)N2CC[C@H](c3ccccc3Cl)C2)n1C(F)F. The molecule has 1 aliphatic heterocycles. The van der Waals surface area contributed by atoms with Crippen molar-refractivity contribution in [2.45, 2.75) is 25.8 Å². The molecule has 1 aromatic heterocycles. The molecule has 23 heavy (non-hydrogen) atoms. The zero-order valence-electron chi connectivity index (χ0n) is 12.7. The maximum Gasteiger partial charge on any atom is 0.319 e. The lowest BCUT2D eigenvalue weighted by molar-refractivity contribution is 0.0566.